The van der Waals surface area contributed by atoms with Gasteiger partial charge in [0, 0.05) is 10.6 Å². The van der Waals surface area contributed by atoms with E-state index < -0.39 is 0 Å². The van der Waals surface area contributed by atoms with Crippen molar-refractivity contribution in [3.05, 3.63) is 52.8 Å². The molecule has 0 bridgehead atoms. The van der Waals surface area contributed by atoms with E-state index in [1.54, 1.807) is 18.2 Å². The van der Waals surface area contributed by atoms with Crippen LogP contribution in [-0.2, 0) is 0 Å². The molecular weight excluding hydrogens is 253 g/mol. The maximum atomic E-state index is 13.2. The highest BCUT2D eigenvalue weighted by Crippen LogP contribution is 2.28. The third kappa shape index (κ3) is 1.87. The fraction of sp³-hybridized carbons (Fsp3) is 0.0714. The number of benzene rings is 2. The third-order valence-corrected chi connectivity index (χ3v) is 2.93. The van der Waals surface area contributed by atoms with Crippen LogP contribution in [0.4, 0.5) is 4.39 Å². The van der Waals surface area contributed by atoms with E-state index in [9.17, 15) is 4.39 Å². The molecule has 0 aliphatic heterocycles. The molecule has 3 rings (SSSR count). The number of rotatable bonds is 1. The average Bonchev–Trinajstić information content (AvgIpc) is 2.73. The van der Waals surface area contributed by atoms with E-state index in [4.69, 9.17) is 16.0 Å². The third-order valence-electron chi connectivity index (χ3n) is 2.71. The SMILES string of the molecule is Cc1cc(Cl)cc2nc(-c3cccc(F)c3)oc12. The zero-order valence-corrected chi connectivity index (χ0v) is 10.3. The Bertz CT molecular complexity index is 736. The summed E-state index contributed by atoms with van der Waals surface area (Å²) in [6, 6.07) is 9.70. The Labute approximate surface area is 108 Å². The number of aromatic nitrogens is 1. The summed E-state index contributed by atoms with van der Waals surface area (Å²) in [5, 5.41) is 0.610. The van der Waals surface area contributed by atoms with Crippen molar-refractivity contribution in [2.75, 3.05) is 0 Å². The molecule has 0 saturated carbocycles. The van der Waals surface area contributed by atoms with Crippen molar-refractivity contribution in [3.8, 4) is 11.5 Å². The Hall–Kier alpha value is -1.87. The van der Waals surface area contributed by atoms with Gasteiger partial charge in [-0.05, 0) is 42.8 Å². The first-order valence-corrected chi connectivity index (χ1v) is 5.84. The van der Waals surface area contributed by atoms with Crippen molar-refractivity contribution in [2.24, 2.45) is 0 Å². The maximum Gasteiger partial charge on any atom is 0.227 e. The molecule has 2 aromatic carbocycles. The highest BCUT2D eigenvalue weighted by atomic mass is 35.5. The Morgan fingerprint density at radius 2 is 2.06 bits per heavy atom. The second kappa shape index (κ2) is 4.10. The highest BCUT2D eigenvalue weighted by Gasteiger charge is 2.11. The predicted molar refractivity (Wildman–Crippen MR) is 69.2 cm³/mol. The van der Waals surface area contributed by atoms with Gasteiger partial charge in [-0.1, -0.05) is 17.7 Å². The van der Waals surface area contributed by atoms with E-state index in [1.165, 1.54) is 12.1 Å². The Morgan fingerprint density at radius 3 is 2.83 bits per heavy atom. The van der Waals surface area contributed by atoms with Crippen LogP contribution in [0.25, 0.3) is 22.6 Å². The molecule has 0 spiro atoms. The number of hydrogen-bond acceptors (Lipinski definition) is 2. The molecule has 0 amide bonds. The molecule has 0 radical (unpaired) electrons. The average molecular weight is 262 g/mol. The Kier molecular flexibility index (Phi) is 2.56. The summed E-state index contributed by atoms with van der Waals surface area (Å²) >= 11 is 5.96. The van der Waals surface area contributed by atoms with Crippen molar-refractivity contribution >= 4 is 22.7 Å². The standard InChI is InChI=1S/C14H9ClFNO/c1-8-5-10(15)7-12-13(8)18-14(17-12)9-3-2-4-11(16)6-9/h2-7H,1H3. The summed E-state index contributed by atoms with van der Waals surface area (Å²) < 4.78 is 18.8. The summed E-state index contributed by atoms with van der Waals surface area (Å²) in [5.74, 6) is 0.0828. The summed E-state index contributed by atoms with van der Waals surface area (Å²) in [4.78, 5) is 4.33. The van der Waals surface area contributed by atoms with Crippen molar-refractivity contribution in [1.29, 1.82) is 0 Å². The van der Waals surface area contributed by atoms with Gasteiger partial charge in [0.05, 0.1) is 0 Å². The molecule has 0 fully saturated rings. The minimum absolute atomic E-state index is 0.315. The van der Waals surface area contributed by atoms with Crippen LogP contribution in [0, 0.1) is 12.7 Å². The minimum Gasteiger partial charge on any atom is -0.436 e. The number of hydrogen-bond donors (Lipinski definition) is 0. The van der Waals surface area contributed by atoms with Gasteiger partial charge in [0.15, 0.2) is 5.58 Å². The molecule has 4 heteroatoms. The number of nitrogens with zero attached hydrogens (tertiary/aromatic N) is 1. The summed E-state index contributed by atoms with van der Waals surface area (Å²) in [6.07, 6.45) is 0. The van der Waals surface area contributed by atoms with E-state index in [0.717, 1.165) is 5.56 Å². The summed E-state index contributed by atoms with van der Waals surface area (Å²) in [7, 11) is 0. The first-order valence-electron chi connectivity index (χ1n) is 5.46. The molecule has 18 heavy (non-hydrogen) atoms. The molecule has 1 heterocycles. The van der Waals surface area contributed by atoms with E-state index in [1.807, 2.05) is 13.0 Å². The molecule has 0 unspecified atom stereocenters. The van der Waals surface area contributed by atoms with Crippen molar-refractivity contribution < 1.29 is 8.81 Å². The molecular formula is C14H9ClFNO. The second-order valence-electron chi connectivity index (χ2n) is 4.10. The molecule has 90 valence electrons. The van der Waals surface area contributed by atoms with Gasteiger partial charge in [0.25, 0.3) is 0 Å². The molecule has 2 nitrogen and oxygen atoms in total. The van der Waals surface area contributed by atoms with Crippen molar-refractivity contribution in [2.45, 2.75) is 6.92 Å². The van der Waals surface area contributed by atoms with Gasteiger partial charge >= 0.3 is 0 Å². The first-order chi connectivity index (χ1) is 8.63. The van der Waals surface area contributed by atoms with Gasteiger partial charge in [-0.2, -0.15) is 0 Å². The Morgan fingerprint density at radius 1 is 1.22 bits per heavy atom. The maximum absolute atomic E-state index is 13.2. The quantitative estimate of drug-likeness (QED) is 0.640. The normalized spacial score (nSPS) is 11.1. The summed E-state index contributed by atoms with van der Waals surface area (Å²) in [6.45, 7) is 1.90. The zero-order chi connectivity index (χ0) is 12.7. The molecule has 0 aliphatic carbocycles. The van der Waals surface area contributed by atoms with Crippen LogP contribution in [0.3, 0.4) is 0 Å². The van der Waals surface area contributed by atoms with E-state index >= 15 is 0 Å². The summed E-state index contributed by atoms with van der Waals surface area (Å²) in [5.41, 5.74) is 2.88. The zero-order valence-electron chi connectivity index (χ0n) is 9.58. The van der Waals surface area contributed by atoms with Crippen LogP contribution in [0.2, 0.25) is 5.02 Å². The van der Waals surface area contributed by atoms with Crippen LogP contribution in [0.15, 0.2) is 40.8 Å². The predicted octanol–water partition coefficient (Wildman–Crippen LogP) is 4.60. The minimum atomic E-state index is -0.315. The van der Waals surface area contributed by atoms with Crippen LogP contribution in [-0.4, -0.2) is 4.98 Å². The van der Waals surface area contributed by atoms with Crippen LogP contribution >= 0.6 is 11.6 Å². The van der Waals surface area contributed by atoms with Gasteiger partial charge in [-0.15, -0.1) is 0 Å². The highest BCUT2D eigenvalue weighted by molar-refractivity contribution is 6.31. The van der Waals surface area contributed by atoms with Crippen LogP contribution < -0.4 is 0 Å². The lowest BCUT2D eigenvalue weighted by Crippen LogP contribution is -1.78. The largest absolute Gasteiger partial charge is 0.436 e. The first kappa shape index (κ1) is 11.2. The van der Waals surface area contributed by atoms with E-state index in [-0.39, 0.29) is 5.82 Å². The Balaban J connectivity index is 2.22. The fourth-order valence-corrected chi connectivity index (χ4v) is 2.17. The molecule has 0 saturated heterocycles. The van der Waals surface area contributed by atoms with Crippen LogP contribution in [0.1, 0.15) is 5.56 Å². The number of aryl methyl sites for hydroxylation is 1. The topological polar surface area (TPSA) is 26.0 Å². The number of halogens is 2. The fourth-order valence-electron chi connectivity index (χ4n) is 1.90. The molecule has 3 aromatic rings. The van der Waals surface area contributed by atoms with Gasteiger partial charge in [0.1, 0.15) is 11.3 Å². The van der Waals surface area contributed by atoms with Gasteiger partial charge in [-0.3, -0.25) is 0 Å². The molecule has 1 aromatic heterocycles. The van der Waals surface area contributed by atoms with Crippen molar-refractivity contribution in [1.82, 2.24) is 4.98 Å². The lowest BCUT2D eigenvalue weighted by atomic mass is 10.2. The van der Waals surface area contributed by atoms with Gasteiger partial charge in [0.2, 0.25) is 5.89 Å². The van der Waals surface area contributed by atoms with E-state index in [0.29, 0.717) is 27.6 Å². The van der Waals surface area contributed by atoms with Gasteiger partial charge < -0.3 is 4.42 Å². The molecule has 0 aliphatic rings. The molecule has 0 atom stereocenters. The van der Waals surface area contributed by atoms with E-state index in [2.05, 4.69) is 4.98 Å². The van der Waals surface area contributed by atoms with Crippen molar-refractivity contribution in [3.63, 3.8) is 0 Å². The molecule has 0 N–H and O–H groups in total. The lowest BCUT2D eigenvalue weighted by Gasteiger charge is -1.95. The van der Waals surface area contributed by atoms with Gasteiger partial charge in [-0.25, -0.2) is 9.37 Å². The number of oxazole rings is 1. The second-order valence-corrected chi connectivity index (χ2v) is 4.54. The smallest absolute Gasteiger partial charge is 0.227 e. The lowest BCUT2D eigenvalue weighted by molar-refractivity contribution is 0.609. The number of fused-ring (bicyclic) bond motifs is 1. The van der Waals surface area contributed by atoms with Crippen LogP contribution in [0.5, 0.6) is 0 Å². The monoisotopic (exact) mass is 261 g/mol.